The summed E-state index contributed by atoms with van der Waals surface area (Å²) in [4.78, 5) is 18.4. The molecule has 0 radical (unpaired) electrons. The third-order valence-electron chi connectivity index (χ3n) is 2.62. The molecule has 0 saturated heterocycles. The Balaban J connectivity index is 2.46. The lowest BCUT2D eigenvalue weighted by atomic mass is 10.1. The zero-order valence-electron chi connectivity index (χ0n) is 10.6. The molecule has 0 aromatic carbocycles. The van der Waals surface area contributed by atoms with Gasteiger partial charge < -0.3 is 5.11 Å². The maximum atomic E-state index is 11.2. The Labute approximate surface area is 114 Å². The maximum absolute atomic E-state index is 11.2. The number of hydrogen-bond acceptors (Lipinski definition) is 4. The largest absolute Gasteiger partial charge is 0.477 e. The van der Waals surface area contributed by atoms with E-state index in [0.717, 1.165) is 16.3 Å². The number of thiazole rings is 1. The molecule has 0 saturated carbocycles. The van der Waals surface area contributed by atoms with Crippen molar-refractivity contribution < 1.29 is 9.90 Å². The summed E-state index contributed by atoms with van der Waals surface area (Å²) in [5.41, 5.74) is 0.689. The van der Waals surface area contributed by atoms with Crippen molar-refractivity contribution in [3.8, 4) is 9.88 Å². The van der Waals surface area contributed by atoms with Crippen molar-refractivity contribution in [3.63, 3.8) is 0 Å². The van der Waals surface area contributed by atoms with E-state index in [-0.39, 0.29) is 5.92 Å². The monoisotopic (exact) mass is 281 g/mol. The van der Waals surface area contributed by atoms with Gasteiger partial charge in [-0.15, -0.1) is 22.7 Å². The first-order chi connectivity index (χ1) is 8.52. The van der Waals surface area contributed by atoms with Gasteiger partial charge in [0.25, 0.3) is 0 Å². The second kappa shape index (κ2) is 5.20. The van der Waals surface area contributed by atoms with Crippen molar-refractivity contribution in [2.24, 2.45) is 0 Å². The van der Waals surface area contributed by atoms with Gasteiger partial charge in [0.2, 0.25) is 0 Å². The van der Waals surface area contributed by atoms with Crippen molar-refractivity contribution in [3.05, 3.63) is 27.6 Å². The molecule has 0 bridgehead atoms. The van der Waals surface area contributed by atoms with Gasteiger partial charge in [-0.1, -0.05) is 20.8 Å². The summed E-state index contributed by atoms with van der Waals surface area (Å²) >= 11 is 2.96. The van der Waals surface area contributed by atoms with E-state index in [0.29, 0.717) is 10.6 Å². The summed E-state index contributed by atoms with van der Waals surface area (Å²) in [6, 6.07) is 4.11. The molecular weight excluding hydrogens is 266 g/mol. The lowest BCUT2D eigenvalue weighted by molar-refractivity contribution is 0.0700. The van der Waals surface area contributed by atoms with E-state index in [9.17, 15) is 9.90 Å². The minimum absolute atomic E-state index is 0.131. The molecule has 1 N–H and O–H groups in total. The van der Waals surface area contributed by atoms with Crippen LogP contribution in [0.1, 0.15) is 46.9 Å². The zero-order valence-corrected chi connectivity index (χ0v) is 12.2. The molecule has 0 spiro atoms. The average molecular weight is 281 g/mol. The Kier molecular flexibility index (Phi) is 3.82. The Morgan fingerprint density at radius 2 is 2.11 bits per heavy atom. The van der Waals surface area contributed by atoms with Gasteiger partial charge in [0.1, 0.15) is 9.88 Å². The Hall–Kier alpha value is -1.20. The molecule has 0 unspecified atom stereocenters. The summed E-state index contributed by atoms with van der Waals surface area (Å²) in [7, 11) is 0. The van der Waals surface area contributed by atoms with Crippen LogP contribution in [0.5, 0.6) is 0 Å². The van der Waals surface area contributed by atoms with Gasteiger partial charge in [0.15, 0.2) is 0 Å². The topological polar surface area (TPSA) is 50.2 Å². The lowest BCUT2D eigenvalue weighted by Crippen LogP contribution is -2.00. The van der Waals surface area contributed by atoms with Crippen LogP contribution in [-0.2, 0) is 6.42 Å². The minimum Gasteiger partial charge on any atom is -0.477 e. The number of aromatic carboxylic acids is 1. The van der Waals surface area contributed by atoms with E-state index in [1.807, 2.05) is 19.9 Å². The third-order valence-corrected chi connectivity index (χ3v) is 5.07. The fraction of sp³-hybridized carbons (Fsp3) is 0.385. The molecule has 2 heterocycles. The minimum atomic E-state index is -0.880. The van der Waals surface area contributed by atoms with Crippen LogP contribution in [0.3, 0.4) is 0 Å². The van der Waals surface area contributed by atoms with E-state index in [2.05, 4.69) is 18.0 Å². The predicted octanol–water partition coefficient (Wildman–Crippen LogP) is 4.26. The number of aromatic nitrogens is 1. The Bertz CT molecular complexity index is 569. The first-order valence-corrected chi connectivity index (χ1v) is 7.49. The smallest absolute Gasteiger partial charge is 0.347 e. The Morgan fingerprint density at radius 3 is 2.56 bits per heavy atom. The highest BCUT2D eigenvalue weighted by molar-refractivity contribution is 7.22. The third kappa shape index (κ3) is 2.47. The van der Waals surface area contributed by atoms with Crippen LogP contribution in [0.25, 0.3) is 9.88 Å². The van der Waals surface area contributed by atoms with Crippen LogP contribution < -0.4 is 0 Å². The fourth-order valence-corrected chi connectivity index (χ4v) is 3.73. The summed E-state index contributed by atoms with van der Waals surface area (Å²) in [6.45, 7) is 6.05. The molecule has 2 aromatic heterocycles. The zero-order chi connectivity index (χ0) is 13.3. The molecule has 0 atom stereocenters. The number of thiophene rings is 1. The number of carboxylic acid groups (broad SMARTS) is 1. The molecule has 5 heteroatoms. The number of rotatable bonds is 4. The van der Waals surface area contributed by atoms with Crippen LogP contribution in [-0.4, -0.2) is 16.1 Å². The maximum Gasteiger partial charge on any atom is 0.347 e. The van der Waals surface area contributed by atoms with Crippen LogP contribution in [0, 0.1) is 0 Å². The molecule has 0 aliphatic rings. The normalized spacial score (nSPS) is 11.1. The summed E-state index contributed by atoms with van der Waals surface area (Å²) < 4.78 is 0. The molecule has 0 amide bonds. The van der Waals surface area contributed by atoms with Gasteiger partial charge in [-0.2, -0.15) is 0 Å². The molecule has 2 rings (SSSR count). The van der Waals surface area contributed by atoms with Gasteiger partial charge >= 0.3 is 5.97 Å². The SMILES string of the molecule is CCc1ccc(-c2nc(C(C)C)c(C(=O)O)s2)s1. The van der Waals surface area contributed by atoms with Crippen LogP contribution in [0.4, 0.5) is 0 Å². The number of hydrogen-bond donors (Lipinski definition) is 1. The molecule has 0 aliphatic carbocycles. The van der Waals surface area contributed by atoms with Crippen molar-refractivity contribution in [2.45, 2.75) is 33.1 Å². The fourth-order valence-electron chi connectivity index (χ4n) is 1.66. The molecule has 2 aromatic rings. The molecule has 18 heavy (non-hydrogen) atoms. The highest BCUT2D eigenvalue weighted by Crippen LogP contribution is 2.35. The lowest BCUT2D eigenvalue weighted by Gasteiger charge is -2.00. The number of carboxylic acids is 1. The number of nitrogens with zero attached hydrogens (tertiary/aromatic N) is 1. The highest BCUT2D eigenvalue weighted by Gasteiger charge is 2.20. The standard InChI is InChI=1S/C13H15NO2S2/c1-4-8-5-6-9(17-8)12-14-10(7(2)3)11(18-12)13(15)16/h5-7H,4H2,1-3H3,(H,15,16). The quantitative estimate of drug-likeness (QED) is 0.911. The molecular formula is C13H15NO2S2. The molecule has 0 fully saturated rings. The average Bonchev–Trinajstić information content (AvgIpc) is 2.95. The van der Waals surface area contributed by atoms with Crippen LogP contribution >= 0.6 is 22.7 Å². The van der Waals surface area contributed by atoms with Gasteiger partial charge in [-0.3, -0.25) is 0 Å². The van der Waals surface area contributed by atoms with E-state index >= 15 is 0 Å². The van der Waals surface area contributed by atoms with Crippen LogP contribution in [0.2, 0.25) is 0 Å². The molecule has 3 nitrogen and oxygen atoms in total. The van der Waals surface area contributed by atoms with Gasteiger partial charge in [-0.05, 0) is 24.5 Å². The number of aryl methyl sites for hydroxylation is 1. The Morgan fingerprint density at radius 1 is 1.39 bits per heavy atom. The van der Waals surface area contributed by atoms with E-state index in [4.69, 9.17) is 0 Å². The molecule has 96 valence electrons. The van der Waals surface area contributed by atoms with E-state index in [1.54, 1.807) is 11.3 Å². The van der Waals surface area contributed by atoms with E-state index < -0.39 is 5.97 Å². The van der Waals surface area contributed by atoms with Gasteiger partial charge in [0.05, 0.1) is 10.6 Å². The summed E-state index contributed by atoms with van der Waals surface area (Å²) in [6.07, 6.45) is 0.999. The van der Waals surface area contributed by atoms with Crippen LogP contribution in [0.15, 0.2) is 12.1 Å². The second-order valence-corrected chi connectivity index (χ2v) is 6.48. The van der Waals surface area contributed by atoms with Crippen molar-refractivity contribution in [1.82, 2.24) is 4.98 Å². The van der Waals surface area contributed by atoms with Gasteiger partial charge in [0, 0.05) is 4.88 Å². The number of carbonyl (C=O) groups is 1. The van der Waals surface area contributed by atoms with E-state index in [1.165, 1.54) is 16.2 Å². The highest BCUT2D eigenvalue weighted by atomic mass is 32.1. The first-order valence-electron chi connectivity index (χ1n) is 5.86. The predicted molar refractivity (Wildman–Crippen MR) is 75.9 cm³/mol. The van der Waals surface area contributed by atoms with Crippen molar-refractivity contribution in [2.75, 3.05) is 0 Å². The van der Waals surface area contributed by atoms with Crippen molar-refractivity contribution >= 4 is 28.6 Å². The second-order valence-electron chi connectivity index (χ2n) is 4.31. The van der Waals surface area contributed by atoms with Crippen molar-refractivity contribution in [1.29, 1.82) is 0 Å². The molecule has 0 aliphatic heterocycles. The van der Waals surface area contributed by atoms with Gasteiger partial charge in [-0.25, -0.2) is 9.78 Å². The first kappa shape index (κ1) is 13.2. The summed E-state index contributed by atoms with van der Waals surface area (Å²) in [5, 5.41) is 10.0. The summed E-state index contributed by atoms with van der Waals surface area (Å²) in [5.74, 6) is -0.749.